The molecule has 0 spiro atoms. The molecule has 3 nitrogen and oxygen atoms in total. The molecule has 0 atom stereocenters. The Kier molecular flexibility index (Phi) is 7.87. The zero-order valence-corrected chi connectivity index (χ0v) is 3.76. The molecule has 1 N–H and O–H groups in total. The Labute approximate surface area is 47.4 Å². The van der Waals surface area contributed by atoms with Crippen molar-refractivity contribution in [2.75, 3.05) is 0 Å². The Morgan fingerprint density at radius 3 is 2.00 bits per heavy atom. The van der Waals surface area contributed by atoms with E-state index in [1.165, 1.54) is 0 Å². The van der Waals surface area contributed by atoms with Crippen LogP contribution in [0.1, 0.15) is 6.92 Å². The minimum Gasteiger partial charge on any atom is -0.301 e. The van der Waals surface area contributed by atoms with Crippen LogP contribution in [0.15, 0.2) is 0 Å². The van der Waals surface area contributed by atoms with E-state index in [0.29, 0.717) is 0 Å². The van der Waals surface area contributed by atoms with E-state index in [0.717, 1.165) is 6.92 Å². The molecular formula is C2H4LiO3. The average molecular weight is 83.0 g/mol. The summed E-state index contributed by atoms with van der Waals surface area (Å²) < 4.78 is 0. The van der Waals surface area contributed by atoms with Gasteiger partial charge >= 0.3 is 5.97 Å². The molecule has 4 heteroatoms. The van der Waals surface area contributed by atoms with Gasteiger partial charge in [-0.2, -0.15) is 5.26 Å². The molecule has 0 saturated heterocycles. The molecule has 0 bridgehead atoms. The van der Waals surface area contributed by atoms with Crippen molar-refractivity contribution in [2.45, 2.75) is 6.92 Å². The fraction of sp³-hybridized carbons (Fsp3) is 0.500. The Balaban J connectivity index is 0. The Bertz CT molecular complexity index is 44.1. The van der Waals surface area contributed by atoms with Gasteiger partial charge in [-0.3, -0.25) is 0 Å². The fourth-order valence-corrected chi connectivity index (χ4v) is 0. The molecule has 0 aromatic heterocycles. The van der Waals surface area contributed by atoms with Crippen molar-refractivity contribution in [1.82, 2.24) is 0 Å². The van der Waals surface area contributed by atoms with E-state index in [9.17, 15) is 4.79 Å². The van der Waals surface area contributed by atoms with Crippen molar-refractivity contribution in [3.05, 3.63) is 0 Å². The minimum absolute atomic E-state index is 0. The van der Waals surface area contributed by atoms with Crippen LogP contribution in [0.25, 0.3) is 0 Å². The summed E-state index contributed by atoms with van der Waals surface area (Å²) in [5, 5.41) is 7.29. The van der Waals surface area contributed by atoms with Crippen LogP contribution < -0.4 is 0 Å². The van der Waals surface area contributed by atoms with Gasteiger partial charge in [0.1, 0.15) is 0 Å². The van der Waals surface area contributed by atoms with Gasteiger partial charge in [-0.25, -0.2) is 4.79 Å². The second-order valence-corrected chi connectivity index (χ2v) is 0.583. The Hall–Kier alpha value is 0.0274. The molecule has 0 saturated carbocycles. The van der Waals surface area contributed by atoms with Gasteiger partial charge in [0, 0.05) is 25.8 Å². The summed E-state index contributed by atoms with van der Waals surface area (Å²) in [6.07, 6.45) is 0. The number of hydrogen-bond donors (Lipinski definition) is 1. The van der Waals surface area contributed by atoms with Crippen molar-refractivity contribution in [3.8, 4) is 0 Å². The van der Waals surface area contributed by atoms with Crippen molar-refractivity contribution < 1.29 is 14.9 Å². The third-order valence-electron chi connectivity index (χ3n) is 0.129. The maximum absolute atomic E-state index is 9.34. The van der Waals surface area contributed by atoms with Gasteiger partial charge < -0.3 is 4.89 Å². The standard InChI is InChI=1S/C2H4O3.Li/c1-2(3)5-4;/h4H,1H3;. The molecule has 0 aromatic carbocycles. The van der Waals surface area contributed by atoms with Crippen molar-refractivity contribution in [3.63, 3.8) is 0 Å². The van der Waals surface area contributed by atoms with Crippen LogP contribution in [0, 0.1) is 0 Å². The summed E-state index contributed by atoms with van der Waals surface area (Å²) in [6, 6.07) is 0. The summed E-state index contributed by atoms with van der Waals surface area (Å²) in [5.41, 5.74) is 0. The first kappa shape index (κ1) is 9.39. The first-order valence-electron chi connectivity index (χ1n) is 1.09. The van der Waals surface area contributed by atoms with Crippen molar-refractivity contribution in [1.29, 1.82) is 0 Å². The number of hydrogen-bond acceptors (Lipinski definition) is 3. The summed E-state index contributed by atoms with van der Waals surface area (Å²) in [4.78, 5) is 12.5. The zero-order chi connectivity index (χ0) is 4.28. The second-order valence-electron chi connectivity index (χ2n) is 0.583. The molecule has 0 aliphatic rings. The van der Waals surface area contributed by atoms with Gasteiger partial charge in [0.25, 0.3) is 0 Å². The molecular weight excluding hydrogens is 79.0 g/mol. The number of carbonyl (C=O) groups excluding carboxylic acids is 1. The first-order valence-corrected chi connectivity index (χ1v) is 1.09. The van der Waals surface area contributed by atoms with E-state index < -0.39 is 5.97 Å². The zero-order valence-electron chi connectivity index (χ0n) is 3.76. The number of rotatable bonds is 0. The quantitative estimate of drug-likeness (QED) is 0.247. The molecule has 31 valence electrons. The predicted octanol–water partition coefficient (Wildman–Crippen LogP) is -0.358. The topological polar surface area (TPSA) is 46.5 Å². The predicted molar refractivity (Wildman–Crippen MR) is 20.1 cm³/mol. The molecule has 0 fully saturated rings. The molecule has 0 rings (SSSR count). The average Bonchev–Trinajstić information content (AvgIpc) is 1.38. The van der Waals surface area contributed by atoms with Gasteiger partial charge in [-0.15, -0.1) is 0 Å². The minimum atomic E-state index is -0.690. The van der Waals surface area contributed by atoms with Gasteiger partial charge in [0.15, 0.2) is 0 Å². The molecule has 6 heavy (non-hydrogen) atoms. The molecule has 0 aliphatic heterocycles. The number of carbonyl (C=O) groups is 1. The van der Waals surface area contributed by atoms with E-state index >= 15 is 0 Å². The monoisotopic (exact) mass is 83.0 g/mol. The summed E-state index contributed by atoms with van der Waals surface area (Å²) >= 11 is 0. The molecule has 0 unspecified atom stereocenters. The van der Waals surface area contributed by atoms with Crippen LogP contribution in [0.3, 0.4) is 0 Å². The normalized spacial score (nSPS) is 5.67. The summed E-state index contributed by atoms with van der Waals surface area (Å²) in [5.74, 6) is -0.690. The molecule has 0 aromatic rings. The summed E-state index contributed by atoms with van der Waals surface area (Å²) in [7, 11) is 0. The van der Waals surface area contributed by atoms with E-state index in [1.807, 2.05) is 0 Å². The van der Waals surface area contributed by atoms with E-state index in [2.05, 4.69) is 4.89 Å². The van der Waals surface area contributed by atoms with Crippen LogP contribution in [0.2, 0.25) is 0 Å². The van der Waals surface area contributed by atoms with Crippen LogP contribution in [0.4, 0.5) is 0 Å². The van der Waals surface area contributed by atoms with Crippen molar-refractivity contribution in [2.24, 2.45) is 0 Å². The van der Waals surface area contributed by atoms with Gasteiger partial charge in [-0.05, 0) is 0 Å². The van der Waals surface area contributed by atoms with Crippen LogP contribution in [0.5, 0.6) is 0 Å². The van der Waals surface area contributed by atoms with Crippen LogP contribution >= 0.6 is 0 Å². The van der Waals surface area contributed by atoms with Crippen LogP contribution in [-0.4, -0.2) is 30.1 Å². The third kappa shape index (κ3) is 8.98. The second kappa shape index (κ2) is 5.03. The fourth-order valence-electron chi connectivity index (χ4n) is 0. The SMILES string of the molecule is CC(=O)OO.[Li]. The van der Waals surface area contributed by atoms with Gasteiger partial charge in [0.05, 0.1) is 0 Å². The maximum atomic E-state index is 9.34. The van der Waals surface area contributed by atoms with Crippen molar-refractivity contribution >= 4 is 24.8 Å². The molecule has 0 aliphatic carbocycles. The van der Waals surface area contributed by atoms with Gasteiger partial charge in [-0.1, -0.05) is 0 Å². The smallest absolute Gasteiger partial charge is 0.301 e. The van der Waals surface area contributed by atoms with Crippen LogP contribution in [-0.2, 0) is 9.68 Å². The first-order chi connectivity index (χ1) is 2.27. The summed E-state index contributed by atoms with van der Waals surface area (Å²) in [6.45, 7) is 1.11. The third-order valence-corrected chi connectivity index (χ3v) is 0.129. The molecule has 0 heterocycles. The Morgan fingerprint density at radius 1 is 1.83 bits per heavy atom. The molecule has 1 radical (unpaired) electrons. The Morgan fingerprint density at radius 2 is 2.00 bits per heavy atom. The van der Waals surface area contributed by atoms with E-state index in [1.54, 1.807) is 0 Å². The van der Waals surface area contributed by atoms with Gasteiger partial charge in [0.2, 0.25) is 0 Å². The maximum Gasteiger partial charge on any atom is 0.339 e. The largest absolute Gasteiger partial charge is 0.339 e. The van der Waals surface area contributed by atoms with E-state index in [4.69, 9.17) is 5.26 Å². The van der Waals surface area contributed by atoms with E-state index in [-0.39, 0.29) is 18.9 Å². The molecule has 0 amide bonds.